The Balaban J connectivity index is 0. The van der Waals surface area contributed by atoms with Crippen LogP contribution < -0.4 is 0 Å². The molecule has 0 aromatic carbocycles. The molecule has 0 saturated carbocycles. The standard InChI is InChI=1S/Al.BHN.2BrH/c;1-2;;/h;2H;2*1H/q+2;;;/p-2. The summed E-state index contributed by atoms with van der Waals surface area (Å²) in [6.07, 6.45) is 0. The van der Waals surface area contributed by atoms with E-state index in [1.165, 1.54) is 0 Å². The molecule has 0 aliphatic heterocycles. The predicted molar refractivity (Wildman–Crippen MR) is 32.1 cm³/mol. The minimum Gasteiger partial charge on any atom is -0.212 e. The van der Waals surface area contributed by atoms with Crippen LogP contribution >= 0.6 is 28.1 Å². The van der Waals surface area contributed by atoms with E-state index in [-0.39, 0.29) is 0 Å². The van der Waals surface area contributed by atoms with Gasteiger partial charge < -0.3 is 0 Å². The fourth-order valence-corrected chi connectivity index (χ4v) is 0. The Hall–Kier alpha value is 1.36. The van der Waals surface area contributed by atoms with E-state index < -0.39 is 0 Å². The maximum Gasteiger partial charge on any atom is 0.424 e. The zero-order valence-electron chi connectivity index (χ0n) is 2.41. The number of halogens is 2. The number of hydrogen-bond donors (Lipinski definition) is 1. The first-order valence-corrected chi connectivity index (χ1v) is 7.09. The molecule has 0 atom stereocenters. The molecule has 0 aliphatic rings. The molecule has 0 unspecified atom stereocenters. The summed E-state index contributed by atoms with van der Waals surface area (Å²) >= 11 is 6.67. The molecule has 1 N–H and O–H groups in total. The van der Waals surface area contributed by atoms with Crippen LogP contribution in [0.4, 0.5) is 0 Å². The Morgan fingerprint density at radius 1 is 1.40 bits per heavy atom. The second-order valence-corrected chi connectivity index (χ2v) is 6.68. The van der Waals surface area contributed by atoms with Crippen molar-refractivity contribution >= 4 is 47.3 Å². The van der Waals surface area contributed by atoms with Gasteiger partial charge in [0.15, 0.2) is 0 Å². The van der Waals surface area contributed by atoms with Crippen molar-refractivity contribution < 1.29 is 0 Å². The summed E-state index contributed by atoms with van der Waals surface area (Å²) in [6, 6.07) is 0. The zero-order chi connectivity index (χ0) is 4.71. The molecule has 5 heteroatoms. The van der Waals surface area contributed by atoms with Gasteiger partial charge in [0, 0.05) is 0 Å². The van der Waals surface area contributed by atoms with Crippen molar-refractivity contribution in [3.8, 4) is 0 Å². The first-order chi connectivity index (χ1) is 2.41. The van der Waals surface area contributed by atoms with Crippen molar-refractivity contribution in [1.82, 2.24) is 0 Å². The van der Waals surface area contributed by atoms with Crippen molar-refractivity contribution in [3.05, 3.63) is 0 Å². The van der Waals surface area contributed by atoms with Crippen LogP contribution in [0.2, 0.25) is 0 Å². The number of nitrogens with one attached hydrogen (secondary N) is 1. The largest absolute Gasteiger partial charge is 0.424 e. The Labute approximate surface area is 52.5 Å². The summed E-state index contributed by atoms with van der Waals surface area (Å²) < 4.78 is 0. The van der Waals surface area contributed by atoms with E-state index in [9.17, 15) is 0 Å². The van der Waals surface area contributed by atoms with Gasteiger partial charge in [-0.1, -0.05) is 0 Å². The normalized spacial score (nSPS) is 3.40. The monoisotopic (exact) mass is 211 g/mol. The van der Waals surface area contributed by atoms with Gasteiger partial charge in [-0.2, -0.15) is 0 Å². The third-order valence-electron chi connectivity index (χ3n) is 0. The molecule has 26 valence electrons. The van der Waals surface area contributed by atoms with Crippen LogP contribution in [0.1, 0.15) is 0 Å². The average molecular weight is 213 g/mol. The fourth-order valence-electron chi connectivity index (χ4n) is 0. The average Bonchev–Trinajstić information content (AvgIpc) is 1.46. The first-order valence-electron chi connectivity index (χ1n) is 0.725. The topological polar surface area (TPSA) is 23.9 Å². The molecular weight excluding hydrogens is 212 g/mol. The van der Waals surface area contributed by atoms with E-state index >= 15 is 0 Å². The van der Waals surface area contributed by atoms with Crippen molar-refractivity contribution in [3.63, 3.8) is 0 Å². The second-order valence-electron chi connectivity index (χ2n) is 0.0825. The molecule has 2 radical (unpaired) electrons. The van der Waals surface area contributed by atoms with Crippen molar-refractivity contribution in [2.45, 2.75) is 0 Å². The van der Waals surface area contributed by atoms with Crippen LogP contribution in [0.3, 0.4) is 0 Å². The first kappa shape index (κ1) is 9.61. The van der Waals surface area contributed by atoms with Crippen LogP contribution in [0.25, 0.3) is 0 Å². The minimum atomic E-state index is 0.375. The molecule has 5 heavy (non-hydrogen) atoms. The van der Waals surface area contributed by atoms with E-state index in [4.69, 9.17) is 5.31 Å². The summed E-state index contributed by atoms with van der Waals surface area (Å²) in [4.78, 5) is 0. The van der Waals surface area contributed by atoms with E-state index in [2.05, 4.69) is 35.7 Å². The summed E-state index contributed by atoms with van der Waals surface area (Å²) in [5.41, 5.74) is 0. The summed E-state index contributed by atoms with van der Waals surface area (Å²) in [5.74, 6) is 0. The maximum atomic E-state index is 5.25. The van der Waals surface area contributed by atoms with E-state index in [1.807, 2.05) is 0 Å². The van der Waals surface area contributed by atoms with E-state index in [0.29, 0.717) is 11.6 Å². The summed E-state index contributed by atoms with van der Waals surface area (Å²) in [5, 5.41) is 5.25. The summed E-state index contributed by atoms with van der Waals surface area (Å²) in [7, 11) is 3.75. The Morgan fingerprint density at radius 3 is 1.40 bits per heavy atom. The molecule has 1 nitrogen and oxygen atoms in total. The smallest absolute Gasteiger partial charge is 0.212 e. The predicted octanol–water partition coefficient (Wildman–Crippen LogP) is 1.23. The van der Waals surface area contributed by atoms with Gasteiger partial charge in [0.05, 0.1) is 0 Å². The molecule has 0 fully saturated rings. The molecule has 0 heterocycles. The molecule has 0 aromatic heterocycles. The number of hydrogen-bond acceptors (Lipinski definition) is 1. The van der Waals surface area contributed by atoms with Gasteiger partial charge in [-0.25, -0.2) is 28.1 Å². The quantitative estimate of drug-likeness (QED) is 0.584. The van der Waals surface area contributed by atoms with Crippen molar-refractivity contribution in [1.29, 1.82) is 5.31 Å². The van der Waals surface area contributed by atoms with Crippen LogP contribution in [-0.2, 0) is 0 Å². The van der Waals surface area contributed by atoms with Crippen LogP contribution in [0.5, 0.6) is 0 Å². The molecule has 0 spiro atoms. The van der Waals surface area contributed by atoms with Gasteiger partial charge >= 0.3 is 24.5 Å². The molecule has 0 saturated heterocycles. The van der Waals surface area contributed by atoms with Gasteiger partial charge in [-0.3, -0.25) is 0 Å². The van der Waals surface area contributed by atoms with E-state index in [0.717, 1.165) is 0 Å². The molecular formula is HAlBBr2N. The van der Waals surface area contributed by atoms with Crippen LogP contribution in [0, 0.1) is 5.31 Å². The van der Waals surface area contributed by atoms with Crippen molar-refractivity contribution in [2.24, 2.45) is 0 Å². The Bertz CT molecular complexity index is 13.6. The zero-order valence-corrected chi connectivity index (χ0v) is 6.74. The molecule has 0 bridgehead atoms. The Morgan fingerprint density at radius 2 is 1.40 bits per heavy atom. The van der Waals surface area contributed by atoms with Gasteiger partial charge in [0.25, 0.3) is 0 Å². The van der Waals surface area contributed by atoms with Crippen LogP contribution in [0.15, 0.2) is 0 Å². The number of rotatable bonds is 0. The fraction of sp³-hybridized carbons (Fsp3) is 0. The third-order valence-corrected chi connectivity index (χ3v) is 0. The van der Waals surface area contributed by atoms with Crippen LogP contribution in [-0.4, -0.2) is 19.2 Å². The SMILES string of the molecule is [B]=N.[Br][Al][Br]. The minimum absolute atomic E-state index is 0.375. The van der Waals surface area contributed by atoms with Gasteiger partial charge in [0.1, 0.15) is 0 Å². The van der Waals surface area contributed by atoms with Gasteiger partial charge in [-0.05, 0) is 0 Å². The molecule has 0 rings (SSSR count). The van der Waals surface area contributed by atoms with Gasteiger partial charge in [0.2, 0.25) is 0 Å². The second kappa shape index (κ2) is 18.3. The molecule has 0 aliphatic carbocycles. The molecule has 0 aromatic rings. The maximum absolute atomic E-state index is 5.25. The van der Waals surface area contributed by atoms with Crippen molar-refractivity contribution in [2.75, 3.05) is 0 Å². The van der Waals surface area contributed by atoms with Gasteiger partial charge in [-0.15, -0.1) is 0 Å². The molecule has 0 amide bonds. The summed E-state index contributed by atoms with van der Waals surface area (Å²) in [6.45, 7) is 0. The third kappa shape index (κ3) is 32.8. The van der Waals surface area contributed by atoms with E-state index in [1.54, 1.807) is 0 Å². The Kier molecular flexibility index (Phi) is 35.2.